The Balaban J connectivity index is 2.85. The molecule has 0 unspecified atom stereocenters. The minimum absolute atomic E-state index is 0.237. The fourth-order valence-electron chi connectivity index (χ4n) is 1.47. The first kappa shape index (κ1) is 8.80. The summed E-state index contributed by atoms with van der Waals surface area (Å²) >= 11 is 0. The van der Waals surface area contributed by atoms with Crippen LogP contribution in [0.15, 0.2) is 17.2 Å². The number of nitrogen functional groups attached to an aromatic ring is 1. The predicted octanol–water partition coefficient (Wildman–Crippen LogP) is 0.888. The molecule has 14 heavy (non-hydrogen) atoms. The number of nitrogens with zero attached hydrogens (tertiary/aromatic N) is 2. The minimum atomic E-state index is -0.237. The van der Waals surface area contributed by atoms with Crippen molar-refractivity contribution in [1.29, 1.82) is 0 Å². The second-order valence-corrected chi connectivity index (χ2v) is 3.53. The highest BCUT2D eigenvalue weighted by Crippen LogP contribution is 2.15. The number of anilines is 1. The molecule has 2 rings (SSSR count). The van der Waals surface area contributed by atoms with Gasteiger partial charge in [0, 0.05) is 12.1 Å². The standard InChI is InChI=1S/C9H12N4O/c1-5(2)13-4-11-8-6(13)3-7(10)12-9(8)14/h3-5H,1-2H3,(H3,10,12,14). The van der Waals surface area contributed by atoms with Crippen molar-refractivity contribution in [3.63, 3.8) is 0 Å². The van der Waals surface area contributed by atoms with Crippen molar-refractivity contribution >= 4 is 16.9 Å². The third-order valence-electron chi connectivity index (χ3n) is 2.15. The van der Waals surface area contributed by atoms with Crippen LogP contribution in [0.1, 0.15) is 19.9 Å². The van der Waals surface area contributed by atoms with Gasteiger partial charge < -0.3 is 15.3 Å². The van der Waals surface area contributed by atoms with Crippen LogP contribution in [0.3, 0.4) is 0 Å². The van der Waals surface area contributed by atoms with E-state index in [0.29, 0.717) is 11.3 Å². The molecule has 0 fully saturated rings. The van der Waals surface area contributed by atoms with E-state index in [1.807, 2.05) is 18.4 Å². The molecule has 74 valence electrons. The van der Waals surface area contributed by atoms with E-state index in [2.05, 4.69) is 9.97 Å². The van der Waals surface area contributed by atoms with Gasteiger partial charge in [0.15, 0.2) is 5.52 Å². The van der Waals surface area contributed by atoms with E-state index >= 15 is 0 Å². The summed E-state index contributed by atoms with van der Waals surface area (Å²) in [6, 6.07) is 1.99. The molecule has 0 saturated carbocycles. The van der Waals surface area contributed by atoms with Gasteiger partial charge in [0.25, 0.3) is 5.56 Å². The SMILES string of the molecule is CC(C)n1cnc2c(=O)[nH]c(N)cc21. The Morgan fingerprint density at radius 2 is 2.29 bits per heavy atom. The number of fused-ring (bicyclic) bond motifs is 1. The molecule has 5 heteroatoms. The van der Waals surface area contributed by atoms with Gasteiger partial charge in [-0.2, -0.15) is 0 Å². The highest BCUT2D eigenvalue weighted by molar-refractivity contribution is 5.76. The third kappa shape index (κ3) is 1.17. The quantitative estimate of drug-likeness (QED) is 0.704. The Bertz CT molecular complexity index is 523. The molecular weight excluding hydrogens is 180 g/mol. The Morgan fingerprint density at radius 1 is 1.57 bits per heavy atom. The number of aromatic nitrogens is 3. The molecule has 2 aromatic heterocycles. The zero-order chi connectivity index (χ0) is 10.3. The maximum atomic E-state index is 11.4. The fourth-order valence-corrected chi connectivity index (χ4v) is 1.47. The number of pyridine rings is 1. The zero-order valence-electron chi connectivity index (χ0n) is 8.11. The van der Waals surface area contributed by atoms with Crippen LogP contribution < -0.4 is 11.3 Å². The van der Waals surface area contributed by atoms with Crippen molar-refractivity contribution < 1.29 is 0 Å². The van der Waals surface area contributed by atoms with Crippen LogP contribution in [0.4, 0.5) is 5.82 Å². The van der Waals surface area contributed by atoms with Gasteiger partial charge in [-0.15, -0.1) is 0 Å². The maximum absolute atomic E-state index is 11.4. The number of aromatic amines is 1. The van der Waals surface area contributed by atoms with Crippen LogP contribution >= 0.6 is 0 Å². The van der Waals surface area contributed by atoms with Gasteiger partial charge in [-0.25, -0.2) is 4.98 Å². The van der Waals surface area contributed by atoms with Crippen molar-refractivity contribution in [2.24, 2.45) is 0 Å². The van der Waals surface area contributed by atoms with Gasteiger partial charge in [-0.05, 0) is 13.8 Å². The number of imidazole rings is 1. The van der Waals surface area contributed by atoms with Crippen LogP contribution in [0, 0.1) is 0 Å². The number of nitrogens with two attached hydrogens (primary N) is 1. The molecule has 0 aliphatic carbocycles. The second-order valence-electron chi connectivity index (χ2n) is 3.53. The van der Waals surface area contributed by atoms with Gasteiger partial charge in [0.1, 0.15) is 5.82 Å². The first-order valence-electron chi connectivity index (χ1n) is 4.45. The largest absolute Gasteiger partial charge is 0.385 e. The van der Waals surface area contributed by atoms with Gasteiger partial charge in [-0.3, -0.25) is 4.79 Å². The van der Waals surface area contributed by atoms with E-state index in [1.165, 1.54) is 0 Å². The van der Waals surface area contributed by atoms with Crippen molar-refractivity contribution in [2.45, 2.75) is 19.9 Å². The highest BCUT2D eigenvalue weighted by atomic mass is 16.1. The van der Waals surface area contributed by atoms with Crippen molar-refractivity contribution in [1.82, 2.24) is 14.5 Å². The summed E-state index contributed by atoms with van der Waals surface area (Å²) in [5.74, 6) is 0.366. The predicted molar refractivity (Wildman–Crippen MR) is 55.2 cm³/mol. The highest BCUT2D eigenvalue weighted by Gasteiger charge is 2.08. The Labute approximate surface area is 80.6 Å². The van der Waals surface area contributed by atoms with Crippen molar-refractivity contribution in [2.75, 3.05) is 5.73 Å². The molecule has 3 N–H and O–H groups in total. The number of hydrogen-bond donors (Lipinski definition) is 2. The molecule has 0 spiro atoms. The first-order chi connectivity index (χ1) is 6.59. The monoisotopic (exact) mass is 192 g/mol. The Kier molecular flexibility index (Phi) is 1.80. The average molecular weight is 192 g/mol. The van der Waals surface area contributed by atoms with E-state index in [4.69, 9.17) is 5.73 Å². The lowest BCUT2D eigenvalue weighted by atomic mass is 10.3. The number of rotatable bonds is 1. The second kappa shape index (κ2) is 2.87. The van der Waals surface area contributed by atoms with Crippen LogP contribution in [0.2, 0.25) is 0 Å². The van der Waals surface area contributed by atoms with E-state index in [-0.39, 0.29) is 11.6 Å². The molecule has 0 saturated heterocycles. The molecular formula is C9H12N4O. The third-order valence-corrected chi connectivity index (χ3v) is 2.15. The maximum Gasteiger partial charge on any atom is 0.277 e. The summed E-state index contributed by atoms with van der Waals surface area (Å²) in [7, 11) is 0. The Morgan fingerprint density at radius 3 is 2.93 bits per heavy atom. The van der Waals surface area contributed by atoms with Crippen molar-refractivity contribution in [3.8, 4) is 0 Å². The summed E-state index contributed by atoms with van der Waals surface area (Å²) < 4.78 is 1.92. The van der Waals surface area contributed by atoms with E-state index in [0.717, 1.165) is 5.52 Å². The summed E-state index contributed by atoms with van der Waals surface area (Å²) in [6.07, 6.45) is 1.66. The molecule has 2 aromatic rings. The van der Waals surface area contributed by atoms with Crippen LogP contribution in [0.5, 0.6) is 0 Å². The normalized spacial score (nSPS) is 11.4. The molecule has 2 heterocycles. The lowest BCUT2D eigenvalue weighted by Crippen LogP contribution is -2.10. The molecule has 0 aliphatic rings. The number of nitrogens with one attached hydrogen (secondary N) is 1. The molecule has 0 aliphatic heterocycles. The number of H-pyrrole nitrogens is 1. The van der Waals surface area contributed by atoms with Crippen molar-refractivity contribution in [3.05, 3.63) is 22.7 Å². The van der Waals surface area contributed by atoms with Crippen LogP contribution in [-0.4, -0.2) is 14.5 Å². The van der Waals surface area contributed by atoms with E-state index < -0.39 is 0 Å². The summed E-state index contributed by atoms with van der Waals surface area (Å²) in [4.78, 5) is 18.0. The van der Waals surface area contributed by atoms with Crippen LogP contribution in [-0.2, 0) is 0 Å². The molecule has 0 aromatic carbocycles. The van der Waals surface area contributed by atoms with Gasteiger partial charge in [0.05, 0.1) is 11.8 Å². The van der Waals surface area contributed by atoms with Gasteiger partial charge in [0.2, 0.25) is 0 Å². The van der Waals surface area contributed by atoms with Crippen LogP contribution in [0.25, 0.3) is 11.0 Å². The topological polar surface area (TPSA) is 76.7 Å². The first-order valence-corrected chi connectivity index (χ1v) is 4.45. The molecule has 0 atom stereocenters. The van der Waals surface area contributed by atoms with E-state index in [1.54, 1.807) is 12.4 Å². The molecule has 5 nitrogen and oxygen atoms in total. The summed E-state index contributed by atoms with van der Waals surface area (Å²) in [5.41, 5.74) is 6.54. The van der Waals surface area contributed by atoms with Gasteiger partial charge >= 0.3 is 0 Å². The molecule has 0 radical (unpaired) electrons. The molecule has 0 bridgehead atoms. The Hall–Kier alpha value is -1.78. The summed E-state index contributed by atoms with van der Waals surface area (Å²) in [5, 5.41) is 0. The van der Waals surface area contributed by atoms with Gasteiger partial charge in [-0.1, -0.05) is 0 Å². The zero-order valence-corrected chi connectivity index (χ0v) is 8.11. The lowest BCUT2D eigenvalue weighted by Gasteiger charge is -2.07. The average Bonchev–Trinajstić information content (AvgIpc) is 2.47. The fraction of sp³-hybridized carbons (Fsp3) is 0.333. The smallest absolute Gasteiger partial charge is 0.277 e. The lowest BCUT2D eigenvalue weighted by molar-refractivity contribution is 0.617. The number of hydrogen-bond acceptors (Lipinski definition) is 3. The van der Waals surface area contributed by atoms with E-state index in [9.17, 15) is 4.79 Å². The summed E-state index contributed by atoms with van der Waals surface area (Å²) in [6.45, 7) is 4.05. The molecule has 0 amide bonds. The minimum Gasteiger partial charge on any atom is -0.385 e.